The number of rotatable bonds is 9. The van der Waals surface area contributed by atoms with Crippen molar-refractivity contribution in [2.45, 2.75) is 58.1 Å². The first-order valence-corrected chi connectivity index (χ1v) is 12.0. The number of nitrogens with two attached hydrogens (primary N) is 1. The average molecular weight is 471 g/mol. The monoisotopic (exact) mass is 470 g/mol. The third-order valence-electron chi connectivity index (χ3n) is 6.48. The van der Waals surface area contributed by atoms with Gasteiger partial charge in [-0.25, -0.2) is 18.9 Å². The van der Waals surface area contributed by atoms with E-state index in [-0.39, 0.29) is 11.8 Å². The standard InChI is InChI=1S/C24H35FN8O/c1-5-6-20(13-25)34-24-29-21(26)23-28-15-19(33(23)30-24)12-17-11-16(2)22(27-14-17)32-9-7-18(8-10-32)31(3)4/h11,14-15,18,20H,5-10,12-13H2,1-4H3,(H2,26,29,30)/t20-/m0/s1. The highest BCUT2D eigenvalue weighted by Crippen LogP contribution is 2.25. The summed E-state index contributed by atoms with van der Waals surface area (Å²) in [5.41, 5.74) is 9.58. The van der Waals surface area contributed by atoms with Gasteiger partial charge < -0.3 is 20.3 Å². The fourth-order valence-corrected chi connectivity index (χ4v) is 4.59. The average Bonchev–Trinajstić information content (AvgIpc) is 3.22. The zero-order valence-electron chi connectivity index (χ0n) is 20.5. The maximum Gasteiger partial charge on any atom is 0.336 e. The number of nitrogens with zero attached hydrogens (tertiary/aromatic N) is 7. The molecule has 1 atom stereocenters. The van der Waals surface area contributed by atoms with Crippen LogP contribution in [0.2, 0.25) is 0 Å². The number of aryl methyl sites for hydroxylation is 1. The lowest BCUT2D eigenvalue weighted by Gasteiger charge is -2.36. The van der Waals surface area contributed by atoms with Crippen molar-refractivity contribution >= 4 is 17.3 Å². The normalized spacial score (nSPS) is 15.9. The molecular weight excluding hydrogens is 435 g/mol. The fourth-order valence-electron chi connectivity index (χ4n) is 4.59. The van der Waals surface area contributed by atoms with Crippen molar-refractivity contribution in [3.8, 4) is 6.01 Å². The van der Waals surface area contributed by atoms with Gasteiger partial charge in [0.1, 0.15) is 18.6 Å². The fraction of sp³-hybridized carbons (Fsp3) is 0.583. The molecule has 1 aliphatic heterocycles. The quantitative estimate of drug-likeness (QED) is 0.510. The number of aromatic nitrogens is 5. The number of alkyl halides is 1. The molecule has 9 nitrogen and oxygen atoms in total. The zero-order valence-corrected chi connectivity index (χ0v) is 20.5. The van der Waals surface area contributed by atoms with E-state index in [1.165, 1.54) is 0 Å². The van der Waals surface area contributed by atoms with Gasteiger partial charge in [-0.2, -0.15) is 4.98 Å². The number of nitrogen functional groups attached to an aromatic ring is 1. The Morgan fingerprint density at radius 3 is 2.65 bits per heavy atom. The maximum absolute atomic E-state index is 13.3. The Morgan fingerprint density at radius 2 is 2.00 bits per heavy atom. The molecule has 2 N–H and O–H groups in total. The van der Waals surface area contributed by atoms with Gasteiger partial charge >= 0.3 is 6.01 Å². The number of fused-ring (bicyclic) bond motifs is 1. The third-order valence-corrected chi connectivity index (χ3v) is 6.48. The van der Waals surface area contributed by atoms with E-state index in [0.29, 0.717) is 24.5 Å². The molecule has 0 aromatic carbocycles. The Kier molecular flexibility index (Phi) is 7.45. The molecule has 4 heterocycles. The summed E-state index contributed by atoms with van der Waals surface area (Å²) >= 11 is 0. The van der Waals surface area contributed by atoms with Crippen LogP contribution in [0, 0.1) is 6.92 Å². The van der Waals surface area contributed by atoms with Gasteiger partial charge in [0.05, 0.1) is 11.9 Å². The summed E-state index contributed by atoms with van der Waals surface area (Å²) in [4.78, 5) is 18.0. The van der Waals surface area contributed by atoms with Crippen molar-refractivity contribution in [2.75, 3.05) is 44.5 Å². The molecule has 0 spiro atoms. The van der Waals surface area contributed by atoms with Crippen molar-refractivity contribution in [3.05, 3.63) is 35.3 Å². The van der Waals surface area contributed by atoms with Gasteiger partial charge in [0, 0.05) is 31.7 Å². The Morgan fingerprint density at radius 1 is 1.24 bits per heavy atom. The third kappa shape index (κ3) is 5.22. The molecule has 0 unspecified atom stereocenters. The molecule has 0 saturated carbocycles. The van der Waals surface area contributed by atoms with E-state index in [2.05, 4.69) is 52.0 Å². The van der Waals surface area contributed by atoms with Crippen LogP contribution in [0.3, 0.4) is 0 Å². The predicted molar refractivity (Wildman–Crippen MR) is 131 cm³/mol. The number of hydrogen-bond acceptors (Lipinski definition) is 8. The molecule has 10 heteroatoms. The summed E-state index contributed by atoms with van der Waals surface area (Å²) in [7, 11) is 4.30. The largest absolute Gasteiger partial charge is 0.456 e. The van der Waals surface area contributed by atoms with Crippen LogP contribution in [0.15, 0.2) is 18.5 Å². The number of pyridine rings is 1. The molecule has 4 rings (SSSR count). The molecule has 0 aliphatic carbocycles. The van der Waals surface area contributed by atoms with Gasteiger partial charge in [-0.3, -0.25) is 0 Å². The van der Waals surface area contributed by atoms with Crippen LogP contribution >= 0.6 is 0 Å². The van der Waals surface area contributed by atoms with E-state index in [9.17, 15) is 4.39 Å². The Labute approximate surface area is 200 Å². The summed E-state index contributed by atoms with van der Waals surface area (Å²) < 4.78 is 20.5. The number of halogens is 1. The second kappa shape index (κ2) is 10.5. The van der Waals surface area contributed by atoms with E-state index < -0.39 is 12.8 Å². The molecule has 1 aliphatic rings. The van der Waals surface area contributed by atoms with Crippen LogP contribution in [-0.4, -0.2) is 75.5 Å². The van der Waals surface area contributed by atoms with Crippen molar-refractivity contribution in [1.82, 2.24) is 29.5 Å². The highest BCUT2D eigenvalue weighted by molar-refractivity contribution is 5.60. The van der Waals surface area contributed by atoms with E-state index in [0.717, 1.165) is 55.0 Å². The highest BCUT2D eigenvalue weighted by atomic mass is 19.1. The van der Waals surface area contributed by atoms with Crippen molar-refractivity contribution < 1.29 is 9.13 Å². The topological polar surface area (TPSA) is 97.7 Å². The van der Waals surface area contributed by atoms with Gasteiger partial charge in [-0.1, -0.05) is 19.4 Å². The number of ether oxygens (including phenoxy) is 1. The summed E-state index contributed by atoms with van der Waals surface area (Å²) in [6.45, 7) is 5.51. The Balaban J connectivity index is 1.51. The maximum atomic E-state index is 13.3. The molecule has 3 aromatic rings. The molecule has 0 radical (unpaired) electrons. The molecule has 0 bridgehead atoms. The first-order valence-electron chi connectivity index (χ1n) is 12.0. The summed E-state index contributed by atoms with van der Waals surface area (Å²) in [5.74, 6) is 1.26. The molecule has 3 aromatic heterocycles. The second-order valence-corrected chi connectivity index (χ2v) is 9.29. The predicted octanol–water partition coefficient (Wildman–Crippen LogP) is 3.05. The molecule has 1 saturated heterocycles. The Bertz CT molecular complexity index is 1110. The molecule has 1 fully saturated rings. The van der Waals surface area contributed by atoms with Gasteiger partial charge in [0.15, 0.2) is 11.5 Å². The van der Waals surface area contributed by atoms with Crippen LogP contribution < -0.4 is 15.4 Å². The first-order chi connectivity index (χ1) is 16.4. The van der Waals surface area contributed by atoms with Crippen LogP contribution in [0.5, 0.6) is 6.01 Å². The van der Waals surface area contributed by atoms with E-state index in [1.54, 1.807) is 10.7 Å². The lowest BCUT2D eigenvalue weighted by Crippen LogP contribution is -2.42. The zero-order chi connectivity index (χ0) is 24.2. The smallest absolute Gasteiger partial charge is 0.336 e. The molecule has 0 amide bonds. The molecular formula is C24H35FN8O. The van der Waals surface area contributed by atoms with Gasteiger partial charge in [0.2, 0.25) is 0 Å². The Hall–Kier alpha value is -3.01. The van der Waals surface area contributed by atoms with Gasteiger partial charge in [-0.15, -0.1) is 5.10 Å². The highest BCUT2D eigenvalue weighted by Gasteiger charge is 2.23. The lowest BCUT2D eigenvalue weighted by molar-refractivity contribution is 0.139. The van der Waals surface area contributed by atoms with Crippen molar-refractivity contribution in [2.24, 2.45) is 0 Å². The number of piperidine rings is 1. The number of hydrogen-bond donors (Lipinski definition) is 1. The van der Waals surface area contributed by atoms with Crippen molar-refractivity contribution in [1.29, 1.82) is 0 Å². The lowest BCUT2D eigenvalue weighted by atomic mass is 10.0. The van der Waals surface area contributed by atoms with E-state index in [1.807, 2.05) is 13.1 Å². The minimum absolute atomic E-state index is 0.0612. The van der Waals surface area contributed by atoms with Crippen LogP contribution in [0.4, 0.5) is 16.0 Å². The summed E-state index contributed by atoms with van der Waals surface area (Å²) in [6.07, 6.45) is 7.32. The second-order valence-electron chi connectivity index (χ2n) is 9.29. The first kappa shape index (κ1) is 24.1. The molecule has 184 valence electrons. The van der Waals surface area contributed by atoms with E-state index >= 15 is 0 Å². The van der Waals surface area contributed by atoms with Crippen molar-refractivity contribution in [3.63, 3.8) is 0 Å². The number of imidazole rings is 1. The minimum atomic E-state index is -0.601. The SMILES string of the molecule is CCC[C@@H](CF)Oc1nc(N)c2ncc(Cc3cnc(N4CCC(N(C)C)CC4)c(C)c3)n2n1. The van der Waals surface area contributed by atoms with Crippen LogP contribution in [-0.2, 0) is 6.42 Å². The van der Waals surface area contributed by atoms with Gasteiger partial charge in [0.25, 0.3) is 0 Å². The summed E-state index contributed by atoms with van der Waals surface area (Å²) in [5, 5.41) is 4.44. The van der Waals surface area contributed by atoms with Crippen LogP contribution in [0.1, 0.15) is 49.4 Å². The summed E-state index contributed by atoms with van der Waals surface area (Å²) in [6, 6.07) is 2.87. The van der Waals surface area contributed by atoms with Gasteiger partial charge in [-0.05, 0) is 51.4 Å². The minimum Gasteiger partial charge on any atom is -0.456 e. The molecule has 34 heavy (non-hydrogen) atoms. The number of anilines is 2. The van der Waals surface area contributed by atoms with E-state index in [4.69, 9.17) is 15.5 Å². The van der Waals surface area contributed by atoms with Crippen LogP contribution in [0.25, 0.3) is 5.65 Å².